The van der Waals surface area contributed by atoms with E-state index in [1.54, 1.807) is 0 Å². The molecule has 1 heterocycles. The van der Waals surface area contributed by atoms with Gasteiger partial charge in [-0.1, -0.05) is 29.3 Å². The van der Waals surface area contributed by atoms with Crippen LogP contribution < -0.4 is 0 Å². The molecule has 3 heteroatoms. The van der Waals surface area contributed by atoms with E-state index in [2.05, 4.69) is 34.1 Å². The molecule has 0 radical (unpaired) electrons. The third-order valence-electron chi connectivity index (χ3n) is 2.20. The van der Waals surface area contributed by atoms with E-state index in [0.717, 1.165) is 17.7 Å². The van der Waals surface area contributed by atoms with Crippen molar-refractivity contribution in [3.8, 4) is 0 Å². The number of halogens is 1. The highest BCUT2D eigenvalue weighted by Crippen LogP contribution is 2.15. The smallest absolute Gasteiger partial charge is 0.0521 e. The Hall–Kier alpha value is -0.310. The van der Waals surface area contributed by atoms with E-state index in [4.69, 9.17) is 0 Å². The number of rotatable bonds is 5. The van der Waals surface area contributed by atoms with Crippen LogP contribution in [0.5, 0.6) is 0 Å². The summed E-state index contributed by atoms with van der Waals surface area (Å²) < 4.78 is 1.87. The fraction of sp³-hybridized carbons (Fsp3) is 0.700. The number of aromatic nitrogens is 2. The number of alkyl halides is 1. The standard InChI is InChI=1S/C10H17BrN2/c1-3-4-9(6-11)5-10-7-12-13(2)8-10/h7-9H,3-6H2,1-2H3. The molecule has 0 saturated heterocycles. The molecule has 0 spiro atoms. The second-order valence-corrected chi connectivity index (χ2v) is 4.18. The van der Waals surface area contributed by atoms with E-state index in [0.29, 0.717) is 0 Å². The first kappa shape index (κ1) is 10.8. The summed E-state index contributed by atoms with van der Waals surface area (Å²) in [5.41, 5.74) is 1.35. The lowest BCUT2D eigenvalue weighted by Gasteiger charge is -2.10. The molecule has 0 fully saturated rings. The molecule has 0 saturated carbocycles. The van der Waals surface area contributed by atoms with E-state index >= 15 is 0 Å². The molecule has 1 aromatic rings. The Morgan fingerprint density at radius 1 is 1.62 bits per heavy atom. The lowest BCUT2D eigenvalue weighted by atomic mass is 9.99. The lowest BCUT2D eigenvalue weighted by molar-refractivity contribution is 0.534. The van der Waals surface area contributed by atoms with E-state index in [1.165, 1.54) is 18.4 Å². The first-order valence-corrected chi connectivity index (χ1v) is 5.92. The van der Waals surface area contributed by atoms with Crippen molar-refractivity contribution in [3.05, 3.63) is 18.0 Å². The van der Waals surface area contributed by atoms with Crippen LogP contribution in [0.15, 0.2) is 12.4 Å². The minimum atomic E-state index is 0.759. The van der Waals surface area contributed by atoms with Crippen LogP contribution in [0.25, 0.3) is 0 Å². The maximum atomic E-state index is 4.17. The molecule has 0 aliphatic heterocycles. The first-order chi connectivity index (χ1) is 6.26. The quantitative estimate of drug-likeness (QED) is 0.729. The predicted octanol–water partition coefficient (Wildman–Crippen LogP) is 2.77. The molecule has 0 aliphatic rings. The minimum Gasteiger partial charge on any atom is -0.276 e. The van der Waals surface area contributed by atoms with Crippen molar-refractivity contribution in [2.75, 3.05) is 5.33 Å². The molecule has 0 N–H and O–H groups in total. The van der Waals surface area contributed by atoms with Crippen LogP contribution >= 0.6 is 15.9 Å². The summed E-state index contributed by atoms with van der Waals surface area (Å²) in [7, 11) is 1.96. The summed E-state index contributed by atoms with van der Waals surface area (Å²) in [6.45, 7) is 2.24. The van der Waals surface area contributed by atoms with Gasteiger partial charge >= 0.3 is 0 Å². The monoisotopic (exact) mass is 244 g/mol. The third-order valence-corrected chi connectivity index (χ3v) is 3.11. The molecular weight excluding hydrogens is 228 g/mol. The highest BCUT2D eigenvalue weighted by atomic mass is 79.9. The average molecular weight is 245 g/mol. The number of nitrogens with zero attached hydrogens (tertiary/aromatic N) is 2. The molecule has 13 heavy (non-hydrogen) atoms. The molecule has 74 valence electrons. The van der Waals surface area contributed by atoms with Crippen molar-refractivity contribution < 1.29 is 0 Å². The van der Waals surface area contributed by atoms with Gasteiger partial charge in [0.25, 0.3) is 0 Å². The largest absolute Gasteiger partial charge is 0.276 e. The SMILES string of the molecule is CCCC(CBr)Cc1cnn(C)c1. The van der Waals surface area contributed by atoms with Gasteiger partial charge in [0.05, 0.1) is 6.20 Å². The number of hydrogen-bond acceptors (Lipinski definition) is 1. The van der Waals surface area contributed by atoms with Crippen LogP contribution in [0.1, 0.15) is 25.3 Å². The summed E-state index contributed by atoms with van der Waals surface area (Å²) in [4.78, 5) is 0. The molecule has 0 aliphatic carbocycles. The van der Waals surface area contributed by atoms with Crippen molar-refractivity contribution in [3.63, 3.8) is 0 Å². The zero-order valence-electron chi connectivity index (χ0n) is 8.33. The van der Waals surface area contributed by atoms with Gasteiger partial charge in [-0.05, 0) is 24.3 Å². The predicted molar refractivity (Wildman–Crippen MR) is 59.1 cm³/mol. The van der Waals surface area contributed by atoms with Gasteiger partial charge in [-0.2, -0.15) is 5.10 Å². The molecular formula is C10H17BrN2. The van der Waals surface area contributed by atoms with Gasteiger partial charge < -0.3 is 0 Å². The van der Waals surface area contributed by atoms with Gasteiger partial charge in [0.1, 0.15) is 0 Å². The zero-order valence-corrected chi connectivity index (χ0v) is 9.92. The van der Waals surface area contributed by atoms with Crippen LogP contribution in [0.4, 0.5) is 0 Å². The maximum absolute atomic E-state index is 4.17. The van der Waals surface area contributed by atoms with Crippen molar-refractivity contribution in [2.45, 2.75) is 26.2 Å². The Morgan fingerprint density at radius 3 is 2.85 bits per heavy atom. The summed E-state index contributed by atoms with van der Waals surface area (Å²) >= 11 is 3.55. The minimum absolute atomic E-state index is 0.759. The Labute approximate surface area is 88.5 Å². The molecule has 1 rings (SSSR count). The zero-order chi connectivity index (χ0) is 9.68. The van der Waals surface area contributed by atoms with Crippen LogP contribution in [-0.4, -0.2) is 15.1 Å². The number of aryl methyl sites for hydroxylation is 1. The van der Waals surface area contributed by atoms with Crippen LogP contribution in [0.2, 0.25) is 0 Å². The topological polar surface area (TPSA) is 17.8 Å². The van der Waals surface area contributed by atoms with Crippen molar-refractivity contribution >= 4 is 15.9 Å². The van der Waals surface area contributed by atoms with Crippen LogP contribution in [0.3, 0.4) is 0 Å². The van der Waals surface area contributed by atoms with Crippen molar-refractivity contribution in [1.82, 2.24) is 9.78 Å². The Kier molecular flexibility index (Phi) is 4.50. The van der Waals surface area contributed by atoms with Crippen LogP contribution in [-0.2, 0) is 13.5 Å². The average Bonchev–Trinajstić information content (AvgIpc) is 2.50. The summed E-state index contributed by atoms with van der Waals surface area (Å²) in [6, 6.07) is 0. The van der Waals surface area contributed by atoms with E-state index in [-0.39, 0.29) is 0 Å². The summed E-state index contributed by atoms with van der Waals surface area (Å²) in [6.07, 6.45) is 7.76. The maximum Gasteiger partial charge on any atom is 0.0521 e. The Bertz CT molecular complexity index is 245. The summed E-state index contributed by atoms with van der Waals surface area (Å²) in [5.74, 6) is 0.759. The Balaban J connectivity index is 2.46. The molecule has 0 aromatic carbocycles. The first-order valence-electron chi connectivity index (χ1n) is 4.79. The molecule has 1 aromatic heterocycles. The highest BCUT2D eigenvalue weighted by molar-refractivity contribution is 9.09. The van der Waals surface area contributed by atoms with Gasteiger partial charge in [0.15, 0.2) is 0 Å². The normalized spacial score (nSPS) is 13.2. The van der Waals surface area contributed by atoms with E-state index in [9.17, 15) is 0 Å². The fourth-order valence-electron chi connectivity index (χ4n) is 1.55. The molecule has 1 atom stereocenters. The third kappa shape index (κ3) is 3.51. The van der Waals surface area contributed by atoms with E-state index < -0.39 is 0 Å². The van der Waals surface area contributed by atoms with Gasteiger partial charge in [0.2, 0.25) is 0 Å². The van der Waals surface area contributed by atoms with Gasteiger partial charge in [-0.25, -0.2) is 0 Å². The second-order valence-electron chi connectivity index (χ2n) is 3.54. The molecule has 0 amide bonds. The Morgan fingerprint density at radius 2 is 2.38 bits per heavy atom. The highest BCUT2D eigenvalue weighted by Gasteiger charge is 2.07. The van der Waals surface area contributed by atoms with Crippen molar-refractivity contribution in [2.24, 2.45) is 13.0 Å². The lowest BCUT2D eigenvalue weighted by Crippen LogP contribution is -2.05. The van der Waals surface area contributed by atoms with E-state index in [1.807, 2.05) is 17.9 Å². The van der Waals surface area contributed by atoms with Gasteiger partial charge in [0, 0.05) is 18.6 Å². The van der Waals surface area contributed by atoms with Gasteiger partial charge in [-0.3, -0.25) is 4.68 Å². The number of hydrogen-bond donors (Lipinski definition) is 0. The molecule has 1 unspecified atom stereocenters. The summed E-state index contributed by atoms with van der Waals surface area (Å²) in [5, 5.41) is 5.26. The molecule has 0 bridgehead atoms. The second kappa shape index (κ2) is 5.43. The van der Waals surface area contributed by atoms with Crippen molar-refractivity contribution in [1.29, 1.82) is 0 Å². The van der Waals surface area contributed by atoms with Crippen LogP contribution in [0, 0.1) is 5.92 Å². The molecule has 2 nitrogen and oxygen atoms in total. The fourth-order valence-corrected chi connectivity index (χ4v) is 2.11. The van der Waals surface area contributed by atoms with Gasteiger partial charge in [-0.15, -0.1) is 0 Å².